The van der Waals surface area contributed by atoms with Crippen molar-refractivity contribution in [2.45, 2.75) is 40.2 Å². The first-order valence-electron chi connectivity index (χ1n) is 8.73. The molecule has 3 aromatic rings. The highest BCUT2D eigenvalue weighted by Crippen LogP contribution is 2.22. The van der Waals surface area contributed by atoms with Gasteiger partial charge in [0.2, 0.25) is 5.91 Å². The maximum atomic E-state index is 12.4. The van der Waals surface area contributed by atoms with Gasteiger partial charge in [-0.3, -0.25) is 9.59 Å². The third-order valence-corrected chi connectivity index (χ3v) is 4.36. The minimum atomic E-state index is -0.120. The lowest BCUT2D eigenvalue weighted by molar-refractivity contribution is -0.115. The van der Waals surface area contributed by atoms with Gasteiger partial charge >= 0.3 is 0 Å². The number of carbonyl (C=O) groups excluding carboxylic acids is 2. The first-order valence-corrected chi connectivity index (χ1v) is 8.73. The van der Waals surface area contributed by atoms with E-state index in [0.717, 1.165) is 22.4 Å². The zero-order valence-corrected chi connectivity index (χ0v) is 15.5. The number of amides is 1. The van der Waals surface area contributed by atoms with Gasteiger partial charge in [0.05, 0.1) is 17.5 Å². The first-order chi connectivity index (χ1) is 12.3. The van der Waals surface area contributed by atoms with E-state index in [-0.39, 0.29) is 18.1 Å². The molecule has 5 nitrogen and oxygen atoms in total. The number of aryl methyl sites for hydroxylation is 1. The Balaban J connectivity index is 1.77. The number of nitrogens with zero attached hydrogens (tertiary/aromatic N) is 2. The summed E-state index contributed by atoms with van der Waals surface area (Å²) in [7, 11) is 0. The number of fused-ring (bicyclic) bond motifs is 1. The number of ketones is 1. The highest BCUT2D eigenvalue weighted by molar-refractivity contribution is 5.97. The molecule has 0 bridgehead atoms. The molecule has 0 saturated carbocycles. The Kier molecular flexibility index (Phi) is 4.89. The molecule has 0 spiro atoms. The number of nitrogens with one attached hydrogen (secondary N) is 1. The predicted octanol–water partition coefficient (Wildman–Crippen LogP) is 4.31. The van der Waals surface area contributed by atoms with Gasteiger partial charge in [0.1, 0.15) is 5.82 Å². The highest BCUT2D eigenvalue weighted by Gasteiger charge is 2.12. The lowest BCUT2D eigenvalue weighted by Gasteiger charge is -2.11. The second-order valence-electron chi connectivity index (χ2n) is 6.81. The maximum Gasteiger partial charge on any atom is 0.228 e. The zero-order chi connectivity index (χ0) is 18.8. The minimum absolute atomic E-state index is 0.0253. The topological polar surface area (TPSA) is 64.0 Å². The van der Waals surface area contributed by atoms with Crippen LogP contribution < -0.4 is 5.32 Å². The van der Waals surface area contributed by atoms with Crippen LogP contribution >= 0.6 is 0 Å². The Morgan fingerprint density at radius 1 is 1.15 bits per heavy atom. The largest absolute Gasteiger partial charge is 0.326 e. The molecule has 0 unspecified atom stereocenters. The monoisotopic (exact) mass is 349 g/mol. The van der Waals surface area contributed by atoms with Crippen LogP contribution in [0.2, 0.25) is 0 Å². The average Bonchev–Trinajstić information content (AvgIpc) is 2.90. The number of benzene rings is 2. The molecule has 0 fully saturated rings. The van der Waals surface area contributed by atoms with Gasteiger partial charge in [0.25, 0.3) is 0 Å². The third-order valence-electron chi connectivity index (χ3n) is 4.36. The molecule has 0 aliphatic heterocycles. The van der Waals surface area contributed by atoms with Gasteiger partial charge in [0, 0.05) is 17.3 Å². The van der Waals surface area contributed by atoms with Crippen LogP contribution in [0.25, 0.3) is 11.0 Å². The van der Waals surface area contributed by atoms with Crippen molar-refractivity contribution >= 4 is 28.4 Å². The van der Waals surface area contributed by atoms with Crippen molar-refractivity contribution in [1.82, 2.24) is 9.55 Å². The molecule has 1 amide bonds. The van der Waals surface area contributed by atoms with Crippen molar-refractivity contribution in [3.05, 3.63) is 59.4 Å². The van der Waals surface area contributed by atoms with Crippen LogP contribution in [0.5, 0.6) is 0 Å². The molecule has 1 heterocycles. The Labute approximate surface area is 153 Å². The number of rotatable bonds is 5. The van der Waals surface area contributed by atoms with E-state index in [2.05, 4.69) is 28.7 Å². The second kappa shape index (κ2) is 7.12. The lowest BCUT2D eigenvalue weighted by Crippen LogP contribution is -2.14. The Morgan fingerprint density at radius 2 is 1.92 bits per heavy atom. The minimum Gasteiger partial charge on any atom is -0.326 e. The summed E-state index contributed by atoms with van der Waals surface area (Å²) < 4.78 is 2.19. The average molecular weight is 349 g/mol. The number of carbonyl (C=O) groups is 2. The van der Waals surface area contributed by atoms with Crippen molar-refractivity contribution in [1.29, 1.82) is 0 Å². The van der Waals surface area contributed by atoms with Gasteiger partial charge in [0.15, 0.2) is 5.78 Å². The smallest absolute Gasteiger partial charge is 0.228 e. The summed E-state index contributed by atoms with van der Waals surface area (Å²) in [6.45, 7) is 7.76. The fraction of sp³-hybridized carbons (Fsp3) is 0.286. The van der Waals surface area contributed by atoms with E-state index in [4.69, 9.17) is 0 Å². The molecule has 26 heavy (non-hydrogen) atoms. The van der Waals surface area contributed by atoms with Crippen molar-refractivity contribution < 1.29 is 9.59 Å². The Morgan fingerprint density at radius 3 is 2.62 bits per heavy atom. The van der Waals surface area contributed by atoms with Gasteiger partial charge in [-0.25, -0.2) is 4.98 Å². The molecule has 0 aliphatic rings. The maximum absolute atomic E-state index is 12.4. The van der Waals surface area contributed by atoms with Crippen LogP contribution in [0.1, 0.15) is 48.6 Å². The molecule has 0 atom stereocenters. The number of aromatic nitrogens is 2. The highest BCUT2D eigenvalue weighted by atomic mass is 16.1. The fourth-order valence-electron chi connectivity index (χ4n) is 3.23. The van der Waals surface area contributed by atoms with Crippen molar-refractivity contribution in [3.8, 4) is 0 Å². The standard InChI is InChI=1S/C21H23N3O2/c1-13(2)24-15(4)22-19-10-16(8-9-20(19)24)11-21(26)23-18-7-5-6-17(12-18)14(3)25/h5-10,12-13H,11H2,1-4H3,(H,23,26). The van der Waals surface area contributed by atoms with E-state index in [1.165, 1.54) is 6.92 Å². The van der Waals surface area contributed by atoms with Crippen molar-refractivity contribution in [3.63, 3.8) is 0 Å². The SMILES string of the molecule is CC(=O)c1cccc(NC(=O)Cc2ccc3c(c2)nc(C)n3C(C)C)c1. The fourth-order valence-corrected chi connectivity index (χ4v) is 3.23. The van der Waals surface area contributed by atoms with E-state index in [1.807, 2.05) is 25.1 Å². The number of hydrogen-bond acceptors (Lipinski definition) is 3. The normalized spacial score (nSPS) is 11.1. The molecule has 5 heteroatoms. The summed E-state index contributed by atoms with van der Waals surface area (Å²) in [5.41, 5.74) is 4.10. The van der Waals surface area contributed by atoms with E-state index in [1.54, 1.807) is 24.3 Å². The van der Waals surface area contributed by atoms with Gasteiger partial charge in [-0.2, -0.15) is 0 Å². The summed E-state index contributed by atoms with van der Waals surface area (Å²) in [6.07, 6.45) is 0.258. The van der Waals surface area contributed by atoms with Crippen molar-refractivity contribution in [2.75, 3.05) is 5.32 Å². The summed E-state index contributed by atoms with van der Waals surface area (Å²) in [5.74, 6) is 0.824. The summed E-state index contributed by atoms with van der Waals surface area (Å²) >= 11 is 0. The van der Waals surface area contributed by atoms with Crippen LogP contribution in [0.3, 0.4) is 0 Å². The van der Waals surface area contributed by atoms with Crippen LogP contribution in [-0.4, -0.2) is 21.2 Å². The van der Waals surface area contributed by atoms with Gasteiger partial charge in [-0.15, -0.1) is 0 Å². The summed E-state index contributed by atoms with van der Waals surface area (Å²) in [5, 5.41) is 2.85. The molecule has 0 saturated heterocycles. The number of hydrogen-bond donors (Lipinski definition) is 1. The molecular weight excluding hydrogens is 326 g/mol. The third kappa shape index (κ3) is 3.67. The van der Waals surface area contributed by atoms with Gasteiger partial charge in [-0.05, 0) is 57.5 Å². The summed E-state index contributed by atoms with van der Waals surface area (Å²) in [6, 6.07) is 13.3. The predicted molar refractivity (Wildman–Crippen MR) is 104 cm³/mol. The zero-order valence-electron chi connectivity index (χ0n) is 15.5. The Bertz CT molecular complexity index is 986. The first kappa shape index (κ1) is 17.9. The van der Waals surface area contributed by atoms with E-state index in [9.17, 15) is 9.59 Å². The number of Topliss-reactive ketones (excluding diaryl/α,β-unsaturated/α-hetero) is 1. The van der Waals surface area contributed by atoms with E-state index >= 15 is 0 Å². The molecule has 1 aromatic heterocycles. The van der Waals surface area contributed by atoms with E-state index < -0.39 is 0 Å². The van der Waals surface area contributed by atoms with Crippen LogP contribution in [0.15, 0.2) is 42.5 Å². The molecule has 3 rings (SSSR count). The molecule has 0 radical (unpaired) electrons. The van der Waals surface area contributed by atoms with Gasteiger partial charge < -0.3 is 9.88 Å². The van der Waals surface area contributed by atoms with Crippen LogP contribution in [0, 0.1) is 6.92 Å². The number of imidazole rings is 1. The van der Waals surface area contributed by atoms with Gasteiger partial charge in [-0.1, -0.05) is 18.2 Å². The second-order valence-corrected chi connectivity index (χ2v) is 6.81. The van der Waals surface area contributed by atoms with Crippen LogP contribution in [0.4, 0.5) is 5.69 Å². The van der Waals surface area contributed by atoms with Crippen molar-refractivity contribution in [2.24, 2.45) is 0 Å². The van der Waals surface area contributed by atoms with Crippen LogP contribution in [-0.2, 0) is 11.2 Å². The molecular formula is C21H23N3O2. The molecule has 1 N–H and O–H groups in total. The Hall–Kier alpha value is -2.95. The van der Waals surface area contributed by atoms with E-state index in [0.29, 0.717) is 17.3 Å². The molecule has 0 aliphatic carbocycles. The number of anilines is 1. The molecule has 2 aromatic carbocycles. The quantitative estimate of drug-likeness (QED) is 0.698. The summed E-state index contributed by atoms with van der Waals surface area (Å²) in [4.78, 5) is 28.4. The molecule has 134 valence electrons. The lowest BCUT2D eigenvalue weighted by atomic mass is 10.1.